The van der Waals surface area contributed by atoms with Gasteiger partial charge >= 0.3 is 0 Å². The molecule has 5 nitrogen and oxygen atoms in total. The molecule has 0 amide bonds. The van der Waals surface area contributed by atoms with Crippen molar-refractivity contribution >= 4 is 22.6 Å². The number of hydrogen-bond acceptors (Lipinski definition) is 5. The van der Waals surface area contributed by atoms with Gasteiger partial charge in [-0.25, -0.2) is 15.0 Å². The first-order chi connectivity index (χ1) is 6.36. The maximum atomic E-state index is 8.36. The van der Waals surface area contributed by atoms with Gasteiger partial charge in [0.1, 0.15) is 12.0 Å². The Morgan fingerprint density at radius 2 is 2.31 bits per heavy atom. The lowest BCUT2D eigenvalue weighted by atomic mass is 10.6. The fourth-order valence-corrected chi connectivity index (χ4v) is 0.983. The molecule has 1 aromatic rings. The third-order valence-electron chi connectivity index (χ3n) is 1.13. The van der Waals surface area contributed by atoms with Crippen molar-refractivity contribution in [1.82, 2.24) is 15.3 Å². The van der Waals surface area contributed by atoms with E-state index in [9.17, 15) is 0 Å². The second kappa shape index (κ2) is 5.11. The first kappa shape index (κ1) is 9.48. The van der Waals surface area contributed by atoms with Gasteiger partial charge in [0.15, 0.2) is 11.4 Å². The predicted octanol–water partition coefficient (Wildman–Crippen LogP) is 0.898. The second-order valence-electron chi connectivity index (χ2n) is 1.95. The molecule has 0 fully saturated rings. The lowest BCUT2D eigenvalue weighted by Gasteiger charge is -1.97. The van der Waals surface area contributed by atoms with Gasteiger partial charge < -0.3 is 0 Å². The van der Waals surface area contributed by atoms with Gasteiger partial charge in [0, 0.05) is 0 Å². The average molecular weight is 193 g/mol. The van der Waals surface area contributed by atoms with Crippen LogP contribution in [0.25, 0.3) is 0 Å². The molecule has 0 unspecified atom stereocenters. The molecular weight excluding hydrogens is 186 g/mol. The highest BCUT2D eigenvalue weighted by Crippen LogP contribution is 2.08. The number of nitrogens with zero attached hydrogens (tertiary/aromatic N) is 4. The minimum absolute atomic E-state index is 0.525. The van der Waals surface area contributed by atoms with E-state index < -0.39 is 0 Å². The third kappa shape index (κ3) is 3.09. The Kier molecular flexibility index (Phi) is 3.73. The molecule has 0 aliphatic heterocycles. The highest BCUT2D eigenvalue weighted by Gasteiger charge is 1.95. The number of thioether (sulfide) groups is 1. The molecule has 0 aliphatic carbocycles. The summed E-state index contributed by atoms with van der Waals surface area (Å²) in [7, 11) is 0. The van der Waals surface area contributed by atoms with Gasteiger partial charge in [-0.1, -0.05) is 11.8 Å². The van der Waals surface area contributed by atoms with E-state index in [4.69, 9.17) is 5.26 Å². The summed E-state index contributed by atoms with van der Waals surface area (Å²) < 4.78 is 0. The van der Waals surface area contributed by atoms with Crippen molar-refractivity contribution in [2.45, 2.75) is 0 Å². The van der Waals surface area contributed by atoms with Crippen molar-refractivity contribution in [2.75, 3.05) is 6.26 Å². The van der Waals surface area contributed by atoms with Gasteiger partial charge in [-0.2, -0.15) is 5.26 Å². The Labute approximate surface area is 79.9 Å². The van der Waals surface area contributed by atoms with Crippen LogP contribution < -0.4 is 5.32 Å². The van der Waals surface area contributed by atoms with Crippen LogP contribution in [0.4, 0.5) is 5.69 Å². The smallest absolute Gasteiger partial charge is 0.183 e. The maximum Gasteiger partial charge on any atom is 0.183 e. The van der Waals surface area contributed by atoms with E-state index in [-0.39, 0.29) is 0 Å². The SMILES string of the molecule is CSC(=Nc1cncnc1)NC#N. The second-order valence-corrected chi connectivity index (χ2v) is 2.75. The molecule has 0 radical (unpaired) electrons. The number of rotatable bonds is 1. The molecule has 6 heteroatoms. The van der Waals surface area contributed by atoms with Crippen LogP contribution in [0.1, 0.15) is 0 Å². The van der Waals surface area contributed by atoms with E-state index in [0.717, 1.165) is 0 Å². The number of nitriles is 1. The van der Waals surface area contributed by atoms with E-state index in [0.29, 0.717) is 10.9 Å². The van der Waals surface area contributed by atoms with E-state index >= 15 is 0 Å². The Bertz CT molecular complexity index is 328. The summed E-state index contributed by atoms with van der Waals surface area (Å²) in [4.78, 5) is 11.7. The first-order valence-corrected chi connectivity index (χ1v) is 4.62. The van der Waals surface area contributed by atoms with E-state index in [1.807, 2.05) is 6.26 Å². The van der Waals surface area contributed by atoms with E-state index in [1.165, 1.54) is 18.1 Å². The van der Waals surface area contributed by atoms with Gasteiger partial charge in [0.05, 0.1) is 12.4 Å². The zero-order valence-electron chi connectivity index (χ0n) is 6.93. The van der Waals surface area contributed by atoms with E-state index in [1.54, 1.807) is 18.6 Å². The zero-order valence-corrected chi connectivity index (χ0v) is 7.75. The molecular formula is C7H7N5S. The molecule has 1 aromatic heterocycles. The Balaban J connectivity index is 2.80. The number of nitrogens with one attached hydrogen (secondary N) is 1. The van der Waals surface area contributed by atoms with Crippen LogP contribution in [-0.4, -0.2) is 21.4 Å². The van der Waals surface area contributed by atoms with Gasteiger partial charge in [-0.15, -0.1) is 0 Å². The minimum Gasteiger partial charge on any atom is -0.271 e. The van der Waals surface area contributed by atoms with Gasteiger partial charge in [-0.3, -0.25) is 5.32 Å². The quantitative estimate of drug-likeness (QED) is 0.310. The van der Waals surface area contributed by atoms with Crippen molar-refractivity contribution in [3.8, 4) is 6.19 Å². The largest absolute Gasteiger partial charge is 0.271 e. The predicted molar refractivity (Wildman–Crippen MR) is 51.4 cm³/mol. The zero-order chi connectivity index (χ0) is 9.52. The van der Waals surface area contributed by atoms with Crippen molar-refractivity contribution in [3.05, 3.63) is 18.7 Å². The Morgan fingerprint density at radius 1 is 1.62 bits per heavy atom. The molecule has 1 N–H and O–H groups in total. The fourth-order valence-electron chi connectivity index (χ4n) is 0.639. The molecule has 0 spiro atoms. The van der Waals surface area contributed by atoms with Gasteiger partial charge in [-0.05, 0) is 6.26 Å². The summed E-state index contributed by atoms with van der Waals surface area (Å²) in [6.45, 7) is 0. The normalized spacial score (nSPS) is 10.6. The molecule has 1 rings (SSSR count). The van der Waals surface area contributed by atoms with Crippen molar-refractivity contribution in [3.63, 3.8) is 0 Å². The van der Waals surface area contributed by atoms with Gasteiger partial charge in [0.25, 0.3) is 0 Å². The number of amidine groups is 1. The summed E-state index contributed by atoms with van der Waals surface area (Å²) in [5.41, 5.74) is 0.620. The van der Waals surface area contributed by atoms with Crippen LogP contribution in [0.5, 0.6) is 0 Å². The topological polar surface area (TPSA) is 74.0 Å². The number of aliphatic imine (C=N–C) groups is 1. The molecule has 0 saturated heterocycles. The first-order valence-electron chi connectivity index (χ1n) is 3.39. The molecule has 1 heterocycles. The monoisotopic (exact) mass is 193 g/mol. The summed E-state index contributed by atoms with van der Waals surface area (Å²) in [5, 5.41) is 11.3. The molecule has 0 aromatic carbocycles. The molecule has 0 saturated carbocycles. The van der Waals surface area contributed by atoms with Crippen LogP contribution in [0, 0.1) is 11.5 Å². The standard InChI is InChI=1S/C7H7N5S/c1-13-7(11-4-8)12-6-2-9-5-10-3-6/h2-3,5H,1H3,(H,11,12). The molecule has 0 aliphatic rings. The molecule has 66 valence electrons. The van der Waals surface area contributed by atoms with E-state index in [2.05, 4.69) is 20.3 Å². The van der Waals surface area contributed by atoms with Crippen LogP contribution in [0.15, 0.2) is 23.7 Å². The summed E-state index contributed by atoms with van der Waals surface area (Å²) in [6.07, 6.45) is 8.19. The van der Waals surface area contributed by atoms with Crippen LogP contribution >= 0.6 is 11.8 Å². The van der Waals surface area contributed by atoms with Gasteiger partial charge in [0.2, 0.25) is 0 Å². The van der Waals surface area contributed by atoms with Crippen LogP contribution in [0.2, 0.25) is 0 Å². The molecule has 0 atom stereocenters. The van der Waals surface area contributed by atoms with Crippen molar-refractivity contribution in [1.29, 1.82) is 5.26 Å². The highest BCUT2D eigenvalue weighted by molar-refractivity contribution is 8.13. The minimum atomic E-state index is 0.525. The summed E-state index contributed by atoms with van der Waals surface area (Å²) in [5.74, 6) is 0. The van der Waals surface area contributed by atoms with Crippen LogP contribution in [-0.2, 0) is 0 Å². The van der Waals surface area contributed by atoms with Crippen LogP contribution in [0.3, 0.4) is 0 Å². The Hall–Kier alpha value is -1.61. The maximum absolute atomic E-state index is 8.36. The third-order valence-corrected chi connectivity index (χ3v) is 1.71. The Morgan fingerprint density at radius 3 is 2.85 bits per heavy atom. The molecule has 13 heavy (non-hydrogen) atoms. The highest BCUT2D eigenvalue weighted by atomic mass is 32.2. The number of aromatic nitrogens is 2. The average Bonchev–Trinajstić information content (AvgIpc) is 2.19. The lowest BCUT2D eigenvalue weighted by Crippen LogP contribution is -2.12. The fraction of sp³-hybridized carbons (Fsp3) is 0.143. The lowest BCUT2D eigenvalue weighted by molar-refractivity contribution is 1.15. The van der Waals surface area contributed by atoms with Crippen molar-refractivity contribution < 1.29 is 0 Å². The van der Waals surface area contributed by atoms with Crippen molar-refractivity contribution in [2.24, 2.45) is 4.99 Å². The number of hydrogen-bond donors (Lipinski definition) is 1. The summed E-state index contributed by atoms with van der Waals surface area (Å²) in [6, 6.07) is 0. The summed E-state index contributed by atoms with van der Waals surface area (Å²) >= 11 is 1.35. The molecule has 0 bridgehead atoms.